The second-order valence-corrected chi connectivity index (χ2v) is 11.4. The lowest BCUT2D eigenvalue weighted by Crippen LogP contribution is -2.15. The highest BCUT2D eigenvalue weighted by Gasteiger charge is 2.37. The van der Waals surface area contributed by atoms with Crippen LogP contribution < -0.4 is 5.43 Å². The molecule has 0 amide bonds. The van der Waals surface area contributed by atoms with E-state index in [1.54, 1.807) is 0 Å². The van der Waals surface area contributed by atoms with E-state index in [1.807, 2.05) is 38.1 Å². The number of hydrogen-bond donors (Lipinski definition) is 0. The van der Waals surface area contributed by atoms with Gasteiger partial charge in [0.05, 0.1) is 21.8 Å². The Labute approximate surface area is 225 Å². The lowest BCUT2D eigenvalue weighted by Gasteiger charge is -2.22. The van der Waals surface area contributed by atoms with Gasteiger partial charge >= 0.3 is 0 Å². The predicted molar refractivity (Wildman–Crippen MR) is 161 cm³/mol. The standard InChI is InChI=1S/C36H27NO2/c1-20-13-14-21(2)35-31(20)34(38)26-16-15-22(19-30(26)39-35)37-28-12-8-6-10-25(28)32-29(37)18-17-24-23-9-5-7-11-27(23)36(3,4)33(24)32/h5-19H,1-4H3. The van der Waals surface area contributed by atoms with Crippen LogP contribution in [0.1, 0.15) is 36.1 Å². The van der Waals surface area contributed by atoms with Crippen LogP contribution >= 0.6 is 0 Å². The van der Waals surface area contributed by atoms with E-state index >= 15 is 0 Å². The Bertz CT molecular complexity index is 2240. The molecule has 0 saturated carbocycles. The zero-order valence-corrected chi connectivity index (χ0v) is 22.4. The molecule has 0 N–H and O–H groups in total. The normalized spacial score (nSPS) is 13.9. The van der Waals surface area contributed by atoms with E-state index in [4.69, 9.17) is 4.42 Å². The molecule has 0 spiro atoms. The van der Waals surface area contributed by atoms with Crippen molar-refractivity contribution in [3.05, 3.63) is 123 Å². The highest BCUT2D eigenvalue weighted by Crippen LogP contribution is 2.53. The molecule has 0 aliphatic heterocycles. The van der Waals surface area contributed by atoms with Crippen LogP contribution in [0.4, 0.5) is 0 Å². The van der Waals surface area contributed by atoms with E-state index in [0.717, 1.165) is 27.8 Å². The maximum absolute atomic E-state index is 13.5. The van der Waals surface area contributed by atoms with E-state index < -0.39 is 0 Å². The number of hydrogen-bond acceptors (Lipinski definition) is 2. The summed E-state index contributed by atoms with van der Waals surface area (Å²) in [7, 11) is 0. The molecule has 188 valence electrons. The monoisotopic (exact) mass is 505 g/mol. The summed E-state index contributed by atoms with van der Waals surface area (Å²) >= 11 is 0. The largest absolute Gasteiger partial charge is 0.455 e. The molecule has 0 unspecified atom stereocenters. The molecule has 0 bridgehead atoms. The molecule has 1 aliphatic carbocycles. The molecular formula is C36H27NO2. The Morgan fingerprint density at radius 3 is 2.33 bits per heavy atom. The number of para-hydroxylation sites is 1. The topological polar surface area (TPSA) is 35.1 Å². The summed E-state index contributed by atoms with van der Waals surface area (Å²) in [5, 5.41) is 3.80. The van der Waals surface area contributed by atoms with Gasteiger partial charge in [-0.05, 0) is 71.5 Å². The van der Waals surface area contributed by atoms with Gasteiger partial charge in [-0.2, -0.15) is 0 Å². The molecule has 0 radical (unpaired) electrons. The average Bonchev–Trinajstić information content (AvgIpc) is 3.40. The van der Waals surface area contributed by atoms with E-state index in [1.165, 1.54) is 33.0 Å². The van der Waals surface area contributed by atoms with Crippen molar-refractivity contribution in [3.63, 3.8) is 0 Å². The van der Waals surface area contributed by atoms with Gasteiger partial charge in [-0.3, -0.25) is 4.79 Å². The molecule has 2 aromatic heterocycles. The van der Waals surface area contributed by atoms with Gasteiger partial charge in [0.25, 0.3) is 0 Å². The van der Waals surface area contributed by atoms with Gasteiger partial charge in [-0.1, -0.05) is 74.5 Å². The van der Waals surface area contributed by atoms with Crippen molar-refractivity contribution in [2.24, 2.45) is 0 Å². The van der Waals surface area contributed by atoms with E-state index in [0.29, 0.717) is 21.9 Å². The fraction of sp³-hybridized carbons (Fsp3) is 0.139. The van der Waals surface area contributed by atoms with Crippen LogP contribution in [0.2, 0.25) is 0 Å². The van der Waals surface area contributed by atoms with Gasteiger partial charge in [0.1, 0.15) is 11.2 Å². The Morgan fingerprint density at radius 2 is 1.46 bits per heavy atom. The van der Waals surface area contributed by atoms with Crippen LogP contribution in [0, 0.1) is 13.8 Å². The fourth-order valence-corrected chi connectivity index (χ4v) is 6.98. The highest BCUT2D eigenvalue weighted by atomic mass is 16.3. The number of benzene rings is 5. The van der Waals surface area contributed by atoms with Crippen LogP contribution in [0.25, 0.3) is 60.6 Å². The predicted octanol–water partition coefficient (Wildman–Crippen LogP) is 8.97. The maximum atomic E-state index is 13.5. The Morgan fingerprint density at radius 1 is 0.692 bits per heavy atom. The van der Waals surface area contributed by atoms with Crippen molar-refractivity contribution in [1.29, 1.82) is 0 Å². The minimum atomic E-state index is -0.120. The first kappa shape index (κ1) is 22.4. The minimum Gasteiger partial charge on any atom is -0.455 e. The van der Waals surface area contributed by atoms with Crippen molar-refractivity contribution in [2.75, 3.05) is 0 Å². The molecule has 1 aliphatic rings. The smallest absolute Gasteiger partial charge is 0.200 e. The number of nitrogens with zero attached hydrogens (tertiary/aromatic N) is 1. The first-order valence-corrected chi connectivity index (χ1v) is 13.5. The quantitative estimate of drug-likeness (QED) is 0.209. The summed E-state index contributed by atoms with van der Waals surface area (Å²) in [5.41, 5.74) is 11.8. The maximum Gasteiger partial charge on any atom is 0.200 e. The van der Waals surface area contributed by atoms with Crippen LogP contribution in [0.5, 0.6) is 0 Å². The molecule has 0 saturated heterocycles. The van der Waals surface area contributed by atoms with Gasteiger partial charge in [0.15, 0.2) is 0 Å². The zero-order chi connectivity index (χ0) is 26.6. The molecule has 3 heteroatoms. The number of aryl methyl sites for hydroxylation is 2. The van der Waals surface area contributed by atoms with Crippen LogP contribution in [-0.4, -0.2) is 4.57 Å². The van der Waals surface area contributed by atoms with Gasteiger partial charge in [-0.15, -0.1) is 0 Å². The molecule has 0 fully saturated rings. The summed E-state index contributed by atoms with van der Waals surface area (Å²) in [5.74, 6) is 0. The summed E-state index contributed by atoms with van der Waals surface area (Å²) in [6, 6.07) is 32.0. The first-order chi connectivity index (χ1) is 18.9. The number of aromatic nitrogens is 1. The van der Waals surface area contributed by atoms with Gasteiger partial charge in [0, 0.05) is 27.9 Å². The molecule has 39 heavy (non-hydrogen) atoms. The van der Waals surface area contributed by atoms with Crippen LogP contribution in [0.15, 0.2) is 100 Å². The van der Waals surface area contributed by atoms with Crippen LogP contribution in [0.3, 0.4) is 0 Å². The summed E-state index contributed by atoms with van der Waals surface area (Å²) in [6.07, 6.45) is 0. The third-order valence-corrected chi connectivity index (χ3v) is 8.82. The van der Waals surface area contributed by atoms with Crippen molar-refractivity contribution in [1.82, 2.24) is 4.57 Å². The molecule has 2 heterocycles. The minimum absolute atomic E-state index is 0.0264. The molecule has 8 rings (SSSR count). The highest BCUT2D eigenvalue weighted by molar-refractivity contribution is 6.14. The second-order valence-electron chi connectivity index (χ2n) is 11.4. The summed E-state index contributed by atoms with van der Waals surface area (Å²) < 4.78 is 8.75. The van der Waals surface area contributed by atoms with Gasteiger partial charge in [-0.25, -0.2) is 0 Å². The van der Waals surface area contributed by atoms with E-state index in [2.05, 4.69) is 85.1 Å². The van der Waals surface area contributed by atoms with Crippen molar-refractivity contribution < 1.29 is 4.42 Å². The van der Waals surface area contributed by atoms with Gasteiger partial charge in [0.2, 0.25) is 5.43 Å². The lowest BCUT2D eigenvalue weighted by molar-refractivity contribution is 0.656. The SMILES string of the molecule is Cc1ccc(C)c2c(=O)c3ccc(-n4c5ccccc5c5c6c(ccc54)-c4ccccc4C6(C)C)cc3oc12. The van der Waals surface area contributed by atoms with Crippen molar-refractivity contribution in [3.8, 4) is 16.8 Å². The Balaban J connectivity index is 1.48. The Kier molecular flexibility index (Phi) is 4.29. The second kappa shape index (κ2) is 7.48. The summed E-state index contributed by atoms with van der Waals surface area (Å²) in [6.45, 7) is 8.63. The van der Waals surface area contributed by atoms with Gasteiger partial charge < -0.3 is 8.98 Å². The van der Waals surface area contributed by atoms with Crippen LogP contribution in [-0.2, 0) is 5.41 Å². The third kappa shape index (κ3) is 2.80. The molecular weight excluding hydrogens is 478 g/mol. The number of fused-ring (bicyclic) bond motifs is 9. The zero-order valence-electron chi connectivity index (χ0n) is 22.4. The average molecular weight is 506 g/mol. The Hall–Kier alpha value is -4.63. The van der Waals surface area contributed by atoms with E-state index in [-0.39, 0.29) is 10.8 Å². The van der Waals surface area contributed by atoms with Crippen molar-refractivity contribution >= 4 is 43.7 Å². The number of rotatable bonds is 1. The first-order valence-electron chi connectivity index (χ1n) is 13.5. The molecule has 3 nitrogen and oxygen atoms in total. The third-order valence-electron chi connectivity index (χ3n) is 8.82. The molecule has 0 atom stereocenters. The van der Waals surface area contributed by atoms with Crippen molar-refractivity contribution in [2.45, 2.75) is 33.1 Å². The van der Waals surface area contributed by atoms with E-state index in [9.17, 15) is 4.79 Å². The molecule has 7 aromatic rings. The fourth-order valence-electron chi connectivity index (χ4n) is 6.98. The lowest BCUT2D eigenvalue weighted by atomic mass is 9.80. The molecule has 5 aromatic carbocycles. The summed E-state index contributed by atoms with van der Waals surface area (Å²) in [4.78, 5) is 13.5.